The second-order valence-electron chi connectivity index (χ2n) is 5.72. The second-order valence-corrected chi connectivity index (χ2v) is 6.58. The fraction of sp³-hybridized carbons (Fsp3) is 0.167. The van der Waals surface area contributed by atoms with E-state index >= 15 is 0 Å². The molecular formula is C18H17N3O2S. The number of aryl methyl sites for hydroxylation is 3. The first-order chi connectivity index (χ1) is 11.4. The number of anilines is 2. The SMILES string of the molecule is Cc1cc(C)c(-c2csc(Nc3ccc([N+](=O)[O-])cc3)n2)cc1C. The predicted molar refractivity (Wildman–Crippen MR) is 98.1 cm³/mol. The monoisotopic (exact) mass is 339 g/mol. The zero-order chi connectivity index (χ0) is 17.3. The summed E-state index contributed by atoms with van der Waals surface area (Å²) in [4.78, 5) is 14.9. The van der Waals surface area contributed by atoms with Crippen LogP contribution in [-0.4, -0.2) is 9.91 Å². The number of benzene rings is 2. The molecular weight excluding hydrogens is 322 g/mol. The number of thiazole rings is 1. The number of nitro groups is 1. The van der Waals surface area contributed by atoms with Gasteiger partial charge in [-0.2, -0.15) is 0 Å². The highest BCUT2D eigenvalue weighted by molar-refractivity contribution is 7.14. The van der Waals surface area contributed by atoms with E-state index in [2.05, 4.69) is 43.2 Å². The molecule has 0 amide bonds. The van der Waals surface area contributed by atoms with Gasteiger partial charge in [0.1, 0.15) is 0 Å². The standard InChI is InChI=1S/C18H17N3O2S/c1-11-8-13(3)16(9-12(11)2)17-10-24-18(20-17)19-14-4-6-15(7-5-14)21(22)23/h4-10H,1-3H3,(H,19,20). The van der Waals surface area contributed by atoms with Crippen LogP contribution in [-0.2, 0) is 0 Å². The van der Waals surface area contributed by atoms with Crippen LogP contribution in [0.25, 0.3) is 11.3 Å². The highest BCUT2D eigenvalue weighted by Gasteiger charge is 2.10. The third-order valence-electron chi connectivity index (χ3n) is 3.95. The van der Waals surface area contributed by atoms with Crippen molar-refractivity contribution in [1.82, 2.24) is 4.98 Å². The molecule has 0 saturated carbocycles. The zero-order valence-corrected chi connectivity index (χ0v) is 14.5. The first-order valence-electron chi connectivity index (χ1n) is 7.49. The Morgan fingerprint density at radius 3 is 2.38 bits per heavy atom. The van der Waals surface area contributed by atoms with Crippen LogP contribution >= 0.6 is 11.3 Å². The zero-order valence-electron chi connectivity index (χ0n) is 13.7. The van der Waals surface area contributed by atoms with Gasteiger partial charge in [0.25, 0.3) is 5.69 Å². The van der Waals surface area contributed by atoms with E-state index in [1.54, 1.807) is 12.1 Å². The van der Waals surface area contributed by atoms with Crippen LogP contribution in [0.5, 0.6) is 0 Å². The van der Waals surface area contributed by atoms with Crippen LogP contribution in [0.15, 0.2) is 41.8 Å². The summed E-state index contributed by atoms with van der Waals surface area (Å²) in [5, 5.41) is 16.7. The van der Waals surface area contributed by atoms with Crippen LogP contribution in [0.4, 0.5) is 16.5 Å². The van der Waals surface area contributed by atoms with Gasteiger partial charge in [-0.1, -0.05) is 6.07 Å². The highest BCUT2D eigenvalue weighted by Crippen LogP contribution is 2.31. The van der Waals surface area contributed by atoms with E-state index < -0.39 is 4.92 Å². The summed E-state index contributed by atoms with van der Waals surface area (Å²) >= 11 is 1.51. The number of nitro benzene ring substituents is 1. The van der Waals surface area contributed by atoms with E-state index in [-0.39, 0.29) is 5.69 Å². The Morgan fingerprint density at radius 1 is 1.04 bits per heavy atom. The van der Waals surface area contributed by atoms with E-state index in [0.29, 0.717) is 0 Å². The lowest BCUT2D eigenvalue weighted by molar-refractivity contribution is -0.384. The maximum absolute atomic E-state index is 10.7. The van der Waals surface area contributed by atoms with Crippen molar-refractivity contribution in [3.8, 4) is 11.3 Å². The molecule has 0 unspecified atom stereocenters. The first-order valence-corrected chi connectivity index (χ1v) is 8.37. The van der Waals surface area contributed by atoms with Crippen LogP contribution < -0.4 is 5.32 Å². The molecule has 1 aromatic heterocycles. The van der Waals surface area contributed by atoms with Crippen LogP contribution in [0, 0.1) is 30.9 Å². The molecule has 0 atom stereocenters. The Morgan fingerprint density at radius 2 is 1.71 bits per heavy atom. The van der Waals surface area contributed by atoms with Crippen LogP contribution in [0.2, 0.25) is 0 Å². The van der Waals surface area contributed by atoms with Crippen molar-refractivity contribution in [2.75, 3.05) is 5.32 Å². The number of non-ortho nitro benzene ring substituents is 1. The van der Waals surface area contributed by atoms with Crippen molar-refractivity contribution < 1.29 is 4.92 Å². The molecule has 0 aliphatic heterocycles. The van der Waals surface area contributed by atoms with Crippen LogP contribution in [0.3, 0.4) is 0 Å². The molecule has 3 rings (SSSR count). The Bertz CT molecular complexity index is 901. The van der Waals surface area contributed by atoms with Gasteiger partial charge >= 0.3 is 0 Å². The van der Waals surface area contributed by atoms with Crippen molar-refractivity contribution in [1.29, 1.82) is 0 Å². The van der Waals surface area contributed by atoms with Gasteiger partial charge in [0.15, 0.2) is 5.13 Å². The van der Waals surface area contributed by atoms with Crippen molar-refractivity contribution >= 4 is 27.8 Å². The molecule has 0 aliphatic rings. The lowest BCUT2D eigenvalue weighted by atomic mass is 9.99. The Hall–Kier alpha value is -2.73. The molecule has 0 fully saturated rings. The fourth-order valence-corrected chi connectivity index (χ4v) is 3.21. The minimum atomic E-state index is -0.409. The number of hydrogen-bond donors (Lipinski definition) is 1. The summed E-state index contributed by atoms with van der Waals surface area (Å²) < 4.78 is 0. The minimum absolute atomic E-state index is 0.0751. The van der Waals surface area contributed by atoms with Crippen molar-refractivity contribution in [2.45, 2.75) is 20.8 Å². The van der Waals surface area contributed by atoms with Crippen molar-refractivity contribution in [2.24, 2.45) is 0 Å². The normalized spacial score (nSPS) is 10.6. The minimum Gasteiger partial charge on any atom is -0.332 e. The molecule has 0 spiro atoms. The van der Waals surface area contributed by atoms with Gasteiger partial charge in [-0.05, 0) is 55.7 Å². The number of nitrogens with zero attached hydrogens (tertiary/aromatic N) is 2. The van der Waals surface area contributed by atoms with Gasteiger partial charge in [-0.3, -0.25) is 10.1 Å². The number of hydrogen-bond acceptors (Lipinski definition) is 5. The summed E-state index contributed by atoms with van der Waals surface area (Å²) in [6.07, 6.45) is 0. The van der Waals surface area contributed by atoms with Crippen molar-refractivity contribution in [3.63, 3.8) is 0 Å². The third-order valence-corrected chi connectivity index (χ3v) is 4.71. The number of nitrogens with one attached hydrogen (secondary N) is 1. The van der Waals surface area contributed by atoms with Gasteiger partial charge in [-0.25, -0.2) is 4.98 Å². The molecule has 0 bridgehead atoms. The highest BCUT2D eigenvalue weighted by atomic mass is 32.1. The molecule has 122 valence electrons. The van der Waals surface area contributed by atoms with Gasteiger partial charge in [0.2, 0.25) is 0 Å². The first kappa shape index (κ1) is 16.1. The molecule has 5 nitrogen and oxygen atoms in total. The summed E-state index contributed by atoms with van der Waals surface area (Å²) in [7, 11) is 0. The van der Waals surface area contributed by atoms with Gasteiger partial charge in [0, 0.05) is 28.8 Å². The molecule has 0 aliphatic carbocycles. The molecule has 1 N–H and O–H groups in total. The molecule has 0 saturated heterocycles. The van der Waals surface area contributed by atoms with E-state index in [1.165, 1.54) is 40.2 Å². The quantitative estimate of drug-likeness (QED) is 0.511. The smallest absolute Gasteiger partial charge is 0.269 e. The Labute approximate surface area is 144 Å². The van der Waals surface area contributed by atoms with Gasteiger partial charge < -0.3 is 5.32 Å². The summed E-state index contributed by atoms with van der Waals surface area (Å²) in [5.41, 5.74) is 6.63. The van der Waals surface area contributed by atoms with E-state index in [1.807, 2.05) is 5.38 Å². The van der Waals surface area contributed by atoms with E-state index in [4.69, 9.17) is 0 Å². The van der Waals surface area contributed by atoms with Gasteiger partial charge in [0.05, 0.1) is 10.6 Å². The molecule has 1 heterocycles. The summed E-state index contributed by atoms with van der Waals surface area (Å²) in [5.74, 6) is 0. The summed E-state index contributed by atoms with van der Waals surface area (Å²) in [6, 6.07) is 10.7. The van der Waals surface area contributed by atoms with E-state index in [9.17, 15) is 10.1 Å². The molecule has 3 aromatic rings. The molecule has 24 heavy (non-hydrogen) atoms. The lowest BCUT2D eigenvalue weighted by Crippen LogP contribution is -1.92. The summed E-state index contributed by atoms with van der Waals surface area (Å²) in [6.45, 7) is 6.29. The van der Waals surface area contributed by atoms with Crippen LogP contribution in [0.1, 0.15) is 16.7 Å². The van der Waals surface area contributed by atoms with Gasteiger partial charge in [-0.15, -0.1) is 11.3 Å². The third kappa shape index (κ3) is 3.28. The molecule has 6 heteroatoms. The maximum Gasteiger partial charge on any atom is 0.269 e. The predicted octanol–water partition coefficient (Wildman–Crippen LogP) is 5.39. The second kappa shape index (κ2) is 6.41. The molecule has 0 radical (unpaired) electrons. The number of rotatable bonds is 4. The average Bonchev–Trinajstić information content (AvgIpc) is 2.99. The van der Waals surface area contributed by atoms with Crippen molar-refractivity contribution in [3.05, 3.63) is 68.6 Å². The number of aromatic nitrogens is 1. The van der Waals surface area contributed by atoms with E-state index in [0.717, 1.165) is 22.1 Å². The molecule has 2 aromatic carbocycles. The maximum atomic E-state index is 10.7. The Kier molecular flexibility index (Phi) is 4.31. The largest absolute Gasteiger partial charge is 0.332 e. The fourth-order valence-electron chi connectivity index (χ4n) is 2.48. The average molecular weight is 339 g/mol. The Balaban J connectivity index is 1.83. The lowest BCUT2D eigenvalue weighted by Gasteiger charge is -2.07. The topological polar surface area (TPSA) is 68.1 Å².